The first-order valence-corrected chi connectivity index (χ1v) is 3.96. The van der Waals surface area contributed by atoms with Crippen LogP contribution < -0.4 is 0 Å². The van der Waals surface area contributed by atoms with E-state index in [9.17, 15) is 4.79 Å². The molecule has 0 radical (unpaired) electrons. The van der Waals surface area contributed by atoms with Crippen molar-refractivity contribution in [2.75, 3.05) is 0 Å². The number of aromatic hydroxyl groups is 1. The molecule has 0 aliphatic heterocycles. The number of rotatable bonds is 2. The van der Waals surface area contributed by atoms with Gasteiger partial charge in [0.1, 0.15) is 17.7 Å². The molecule has 2 aromatic rings. The second kappa shape index (κ2) is 3.02. The van der Waals surface area contributed by atoms with Crippen molar-refractivity contribution < 1.29 is 19.5 Å². The molecule has 5 heteroatoms. The van der Waals surface area contributed by atoms with Crippen LogP contribution in [0.15, 0.2) is 22.7 Å². The van der Waals surface area contributed by atoms with Gasteiger partial charge in [0.2, 0.25) is 0 Å². The number of carboxylic acids is 1. The van der Waals surface area contributed by atoms with Crippen molar-refractivity contribution >= 4 is 16.9 Å². The quantitative estimate of drug-likeness (QED) is 0.747. The maximum Gasteiger partial charge on any atom is 0.311 e. The first-order chi connectivity index (χ1) is 6.66. The zero-order chi connectivity index (χ0) is 10.1. The van der Waals surface area contributed by atoms with E-state index in [1.807, 2.05) is 0 Å². The Bertz CT molecular complexity index is 489. The third kappa shape index (κ3) is 1.39. The highest BCUT2D eigenvalue weighted by molar-refractivity contribution is 5.85. The number of hydrogen-bond acceptors (Lipinski definition) is 4. The summed E-state index contributed by atoms with van der Waals surface area (Å²) in [6.45, 7) is 0. The number of carbonyl (C=O) groups is 1. The lowest BCUT2D eigenvalue weighted by molar-refractivity contribution is -0.136. The molecule has 2 N–H and O–H groups in total. The summed E-state index contributed by atoms with van der Waals surface area (Å²) >= 11 is 0. The Balaban J connectivity index is 2.52. The lowest BCUT2D eigenvalue weighted by Gasteiger charge is -1.91. The molecule has 0 aliphatic rings. The highest BCUT2D eigenvalue weighted by Gasteiger charge is 2.11. The zero-order valence-electron chi connectivity index (χ0n) is 7.10. The van der Waals surface area contributed by atoms with Gasteiger partial charge in [-0.25, -0.2) is 0 Å². The fourth-order valence-electron chi connectivity index (χ4n) is 1.25. The summed E-state index contributed by atoms with van der Waals surface area (Å²) in [5, 5.41) is 21.9. The predicted molar refractivity (Wildman–Crippen MR) is 47.0 cm³/mol. The molecule has 0 amide bonds. The summed E-state index contributed by atoms with van der Waals surface area (Å²) in [6, 6.07) is 4.47. The Labute approximate surface area is 78.6 Å². The highest BCUT2D eigenvalue weighted by Crippen LogP contribution is 2.22. The third-order valence-corrected chi connectivity index (χ3v) is 1.85. The van der Waals surface area contributed by atoms with Crippen molar-refractivity contribution in [1.82, 2.24) is 5.16 Å². The van der Waals surface area contributed by atoms with Gasteiger partial charge < -0.3 is 14.7 Å². The lowest BCUT2D eigenvalue weighted by atomic mass is 10.2. The van der Waals surface area contributed by atoms with E-state index < -0.39 is 5.97 Å². The van der Waals surface area contributed by atoms with Gasteiger partial charge in [-0.05, 0) is 12.1 Å². The second-order valence-electron chi connectivity index (χ2n) is 2.88. The van der Waals surface area contributed by atoms with Crippen LogP contribution in [0, 0.1) is 0 Å². The van der Waals surface area contributed by atoms with Gasteiger partial charge in [0.25, 0.3) is 0 Å². The van der Waals surface area contributed by atoms with Crippen molar-refractivity contribution in [3.8, 4) is 5.75 Å². The summed E-state index contributed by atoms with van der Waals surface area (Å²) in [7, 11) is 0. The lowest BCUT2D eigenvalue weighted by Crippen LogP contribution is -1.98. The highest BCUT2D eigenvalue weighted by atomic mass is 16.5. The van der Waals surface area contributed by atoms with Gasteiger partial charge in [-0.15, -0.1) is 0 Å². The Morgan fingerprint density at radius 3 is 3.00 bits per heavy atom. The van der Waals surface area contributed by atoms with Crippen LogP contribution in [0.2, 0.25) is 0 Å². The normalized spacial score (nSPS) is 10.6. The minimum absolute atomic E-state index is 0.0766. The fourth-order valence-corrected chi connectivity index (χ4v) is 1.25. The maximum absolute atomic E-state index is 10.4. The van der Waals surface area contributed by atoms with Crippen molar-refractivity contribution in [3.05, 3.63) is 24.0 Å². The van der Waals surface area contributed by atoms with Crippen LogP contribution >= 0.6 is 0 Å². The molecule has 0 aliphatic carbocycles. The Hall–Kier alpha value is -2.04. The molecule has 0 fully saturated rings. The number of fused-ring (bicyclic) bond motifs is 1. The fraction of sp³-hybridized carbons (Fsp3) is 0.111. The molecule has 5 nitrogen and oxygen atoms in total. The average Bonchev–Trinajstić information content (AvgIpc) is 2.47. The van der Waals surface area contributed by atoms with Gasteiger partial charge in [0.15, 0.2) is 5.76 Å². The van der Waals surface area contributed by atoms with Crippen molar-refractivity contribution in [2.45, 2.75) is 6.42 Å². The summed E-state index contributed by atoms with van der Waals surface area (Å²) in [5.41, 5.74) is 0.459. The molecule has 0 unspecified atom stereocenters. The number of phenolic OH excluding ortho intramolecular Hbond substituents is 1. The number of carboxylic acid groups (broad SMARTS) is 1. The van der Waals surface area contributed by atoms with Crippen LogP contribution in [0.3, 0.4) is 0 Å². The number of nitrogens with zero attached hydrogens (tertiary/aromatic N) is 1. The Morgan fingerprint density at radius 2 is 2.29 bits per heavy atom. The summed E-state index contributed by atoms with van der Waals surface area (Å²) < 4.78 is 4.84. The van der Waals surface area contributed by atoms with E-state index in [0.29, 0.717) is 16.7 Å². The van der Waals surface area contributed by atoms with Crippen molar-refractivity contribution in [1.29, 1.82) is 0 Å². The number of phenols is 1. The van der Waals surface area contributed by atoms with Gasteiger partial charge in [0.05, 0.1) is 0 Å². The molecule has 0 atom stereocenters. The van der Waals surface area contributed by atoms with E-state index in [1.54, 1.807) is 6.07 Å². The molecule has 0 bridgehead atoms. The first-order valence-electron chi connectivity index (χ1n) is 3.96. The number of hydrogen-bond donors (Lipinski definition) is 2. The minimum atomic E-state index is -0.976. The summed E-state index contributed by atoms with van der Waals surface area (Å²) in [6.07, 6.45) is -0.207. The van der Waals surface area contributed by atoms with Crippen LogP contribution in [-0.4, -0.2) is 21.3 Å². The summed E-state index contributed by atoms with van der Waals surface area (Å²) in [4.78, 5) is 10.4. The molecule has 1 aromatic heterocycles. The van der Waals surface area contributed by atoms with Crippen LogP contribution in [0.1, 0.15) is 5.76 Å². The van der Waals surface area contributed by atoms with Gasteiger partial charge in [-0.1, -0.05) is 5.16 Å². The van der Waals surface area contributed by atoms with E-state index >= 15 is 0 Å². The van der Waals surface area contributed by atoms with Gasteiger partial charge in [-0.2, -0.15) is 0 Å². The smallest absolute Gasteiger partial charge is 0.311 e. The molecular formula is C9H7NO4. The molecule has 14 heavy (non-hydrogen) atoms. The van der Waals surface area contributed by atoms with Crippen LogP contribution in [0.4, 0.5) is 0 Å². The average molecular weight is 193 g/mol. The molecule has 1 aromatic carbocycles. The van der Waals surface area contributed by atoms with Crippen LogP contribution in [-0.2, 0) is 11.2 Å². The molecule has 2 rings (SSSR count). The van der Waals surface area contributed by atoms with Crippen molar-refractivity contribution in [3.63, 3.8) is 0 Å². The standard InChI is InChI=1S/C9H7NO4/c11-5-1-2-6-7(3-5)10-14-8(6)4-9(12)13/h1-3,11H,4H2,(H,12,13). The Morgan fingerprint density at radius 1 is 1.50 bits per heavy atom. The molecular weight excluding hydrogens is 186 g/mol. The maximum atomic E-state index is 10.4. The third-order valence-electron chi connectivity index (χ3n) is 1.85. The number of benzene rings is 1. The zero-order valence-corrected chi connectivity index (χ0v) is 7.10. The molecule has 0 saturated heterocycles. The summed E-state index contributed by atoms with van der Waals surface area (Å²) in [5.74, 6) is -0.601. The second-order valence-corrected chi connectivity index (χ2v) is 2.88. The van der Waals surface area contributed by atoms with Crippen LogP contribution in [0.25, 0.3) is 10.9 Å². The molecule has 0 saturated carbocycles. The first kappa shape index (κ1) is 8.55. The number of aromatic nitrogens is 1. The monoisotopic (exact) mass is 193 g/mol. The topological polar surface area (TPSA) is 83.6 Å². The van der Waals surface area contributed by atoms with E-state index in [0.717, 1.165) is 0 Å². The Kier molecular flexibility index (Phi) is 1.85. The molecule has 0 spiro atoms. The SMILES string of the molecule is O=C(O)Cc1onc2cc(O)ccc12. The predicted octanol–water partition coefficient (Wildman–Crippen LogP) is 1.16. The van der Waals surface area contributed by atoms with E-state index in [4.69, 9.17) is 14.7 Å². The van der Waals surface area contributed by atoms with Gasteiger partial charge in [-0.3, -0.25) is 4.79 Å². The molecule has 1 heterocycles. The van der Waals surface area contributed by atoms with Crippen molar-refractivity contribution in [2.24, 2.45) is 0 Å². The minimum Gasteiger partial charge on any atom is -0.508 e. The van der Waals surface area contributed by atoms with Gasteiger partial charge in [0, 0.05) is 11.5 Å². The van der Waals surface area contributed by atoms with E-state index in [2.05, 4.69) is 5.16 Å². The number of aliphatic carboxylic acids is 1. The van der Waals surface area contributed by atoms with E-state index in [1.165, 1.54) is 12.1 Å². The largest absolute Gasteiger partial charge is 0.508 e. The van der Waals surface area contributed by atoms with Gasteiger partial charge >= 0.3 is 5.97 Å². The van der Waals surface area contributed by atoms with Crippen LogP contribution in [0.5, 0.6) is 5.75 Å². The van der Waals surface area contributed by atoms with E-state index in [-0.39, 0.29) is 12.2 Å². The molecule has 72 valence electrons.